The lowest BCUT2D eigenvalue weighted by atomic mass is 9.85. The predicted octanol–water partition coefficient (Wildman–Crippen LogP) is 1.16. The first kappa shape index (κ1) is 11.8. The van der Waals surface area contributed by atoms with E-state index in [0.717, 1.165) is 19.4 Å². The Morgan fingerprint density at radius 3 is 2.38 bits per heavy atom. The van der Waals surface area contributed by atoms with Crippen LogP contribution < -0.4 is 0 Å². The van der Waals surface area contributed by atoms with E-state index in [9.17, 15) is 9.59 Å². The molecule has 0 aromatic carbocycles. The van der Waals surface area contributed by atoms with Gasteiger partial charge in [-0.25, -0.2) is 0 Å². The van der Waals surface area contributed by atoms with Crippen molar-refractivity contribution in [1.29, 1.82) is 0 Å². The van der Waals surface area contributed by atoms with Gasteiger partial charge in [0.1, 0.15) is 0 Å². The Morgan fingerprint density at radius 1 is 1.31 bits per heavy atom. The van der Waals surface area contributed by atoms with Crippen molar-refractivity contribution < 1.29 is 14.7 Å². The van der Waals surface area contributed by atoms with E-state index in [0.29, 0.717) is 19.3 Å². The maximum absolute atomic E-state index is 11.7. The van der Waals surface area contributed by atoms with E-state index in [1.807, 2.05) is 4.90 Å². The smallest absolute Gasteiger partial charge is 0.306 e. The number of carbonyl (C=O) groups excluding carboxylic acids is 1. The molecule has 90 valence electrons. The average Bonchev–Trinajstić information content (AvgIpc) is 2.58. The molecule has 0 bridgehead atoms. The van der Waals surface area contributed by atoms with Crippen molar-refractivity contribution >= 4 is 24.5 Å². The van der Waals surface area contributed by atoms with Gasteiger partial charge in [-0.15, -0.1) is 0 Å². The van der Waals surface area contributed by atoms with Crippen LogP contribution in [0.5, 0.6) is 0 Å². The SMILES string of the molecule is O=C(O)C1CCC(N2CC(S)CC2=O)CC1. The number of amides is 1. The molecule has 2 rings (SSSR count). The summed E-state index contributed by atoms with van der Waals surface area (Å²) in [6.45, 7) is 0.727. The van der Waals surface area contributed by atoms with Gasteiger partial charge in [-0.05, 0) is 25.7 Å². The zero-order valence-corrected chi connectivity index (χ0v) is 10.0. The van der Waals surface area contributed by atoms with E-state index in [2.05, 4.69) is 12.6 Å². The van der Waals surface area contributed by atoms with Gasteiger partial charge in [0.25, 0.3) is 0 Å². The second-order valence-electron chi connectivity index (χ2n) is 4.75. The van der Waals surface area contributed by atoms with Crippen LogP contribution in [0.1, 0.15) is 32.1 Å². The number of hydrogen-bond donors (Lipinski definition) is 2. The summed E-state index contributed by atoms with van der Waals surface area (Å²) in [5.41, 5.74) is 0. The minimum Gasteiger partial charge on any atom is -0.481 e. The first-order valence-corrected chi connectivity index (χ1v) is 6.30. The predicted molar refractivity (Wildman–Crippen MR) is 62.5 cm³/mol. The fourth-order valence-electron chi connectivity index (χ4n) is 2.70. The molecule has 1 amide bonds. The van der Waals surface area contributed by atoms with Crippen molar-refractivity contribution in [2.24, 2.45) is 5.92 Å². The summed E-state index contributed by atoms with van der Waals surface area (Å²) >= 11 is 4.32. The molecule has 1 heterocycles. The standard InChI is InChI=1S/C11H17NO3S/c13-10-5-9(16)6-12(10)8-3-1-7(2-4-8)11(14)15/h7-9,16H,1-6H2,(H,14,15). The molecule has 2 aliphatic rings. The van der Waals surface area contributed by atoms with E-state index in [-0.39, 0.29) is 23.1 Å². The number of thiol groups is 1. The Morgan fingerprint density at radius 2 is 1.94 bits per heavy atom. The highest BCUT2D eigenvalue weighted by atomic mass is 32.1. The molecule has 1 aliphatic heterocycles. The van der Waals surface area contributed by atoms with Crippen LogP contribution in [-0.4, -0.2) is 39.7 Å². The highest BCUT2D eigenvalue weighted by molar-refractivity contribution is 7.81. The molecule has 5 heteroatoms. The lowest BCUT2D eigenvalue weighted by Crippen LogP contribution is -2.40. The number of hydrogen-bond acceptors (Lipinski definition) is 3. The van der Waals surface area contributed by atoms with Gasteiger partial charge in [0.05, 0.1) is 5.92 Å². The third kappa shape index (κ3) is 2.34. The molecule has 0 aromatic rings. The molecule has 1 aliphatic carbocycles. The average molecular weight is 243 g/mol. The van der Waals surface area contributed by atoms with Gasteiger partial charge in [0.15, 0.2) is 0 Å². The van der Waals surface area contributed by atoms with E-state index < -0.39 is 5.97 Å². The Labute approximate surface area is 100 Å². The summed E-state index contributed by atoms with van der Waals surface area (Å²) < 4.78 is 0. The van der Waals surface area contributed by atoms with Crippen LogP contribution in [0.2, 0.25) is 0 Å². The lowest BCUT2D eigenvalue weighted by Gasteiger charge is -2.33. The largest absolute Gasteiger partial charge is 0.481 e. The van der Waals surface area contributed by atoms with Crippen LogP contribution in [0.4, 0.5) is 0 Å². The van der Waals surface area contributed by atoms with Crippen LogP contribution >= 0.6 is 12.6 Å². The molecule has 4 nitrogen and oxygen atoms in total. The van der Waals surface area contributed by atoms with Gasteiger partial charge in [-0.3, -0.25) is 9.59 Å². The summed E-state index contributed by atoms with van der Waals surface area (Å²) in [7, 11) is 0. The molecule has 2 fully saturated rings. The summed E-state index contributed by atoms with van der Waals surface area (Å²) in [5.74, 6) is -0.724. The fourth-order valence-corrected chi connectivity index (χ4v) is 3.03. The Kier molecular flexibility index (Phi) is 3.42. The van der Waals surface area contributed by atoms with Crippen LogP contribution in [0.3, 0.4) is 0 Å². The molecule has 1 N–H and O–H groups in total. The van der Waals surface area contributed by atoms with E-state index >= 15 is 0 Å². The number of carboxylic acids is 1. The van der Waals surface area contributed by atoms with Gasteiger partial charge >= 0.3 is 5.97 Å². The van der Waals surface area contributed by atoms with Gasteiger partial charge in [-0.1, -0.05) is 0 Å². The minimum atomic E-state index is -0.696. The molecule has 1 atom stereocenters. The van der Waals surface area contributed by atoms with Crippen LogP contribution in [0, 0.1) is 5.92 Å². The molecular weight excluding hydrogens is 226 g/mol. The number of rotatable bonds is 2. The van der Waals surface area contributed by atoms with Crippen molar-refractivity contribution in [3.05, 3.63) is 0 Å². The molecule has 1 saturated heterocycles. The third-order valence-electron chi connectivity index (χ3n) is 3.62. The van der Waals surface area contributed by atoms with Gasteiger partial charge in [0.2, 0.25) is 5.91 Å². The van der Waals surface area contributed by atoms with E-state index in [1.165, 1.54) is 0 Å². The number of likely N-dealkylation sites (tertiary alicyclic amines) is 1. The van der Waals surface area contributed by atoms with E-state index in [4.69, 9.17) is 5.11 Å². The van der Waals surface area contributed by atoms with Crippen molar-refractivity contribution in [2.75, 3.05) is 6.54 Å². The van der Waals surface area contributed by atoms with E-state index in [1.54, 1.807) is 0 Å². The summed E-state index contributed by atoms with van der Waals surface area (Å²) in [6.07, 6.45) is 3.57. The Bertz CT molecular complexity index is 300. The maximum Gasteiger partial charge on any atom is 0.306 e. The highest BCUT2D eigenvalue weighted by Gasteiger charge is 2.35. The number of aliphatic carboxylic acids is 1. The number of carbonyl (C=O) groups is 2. The molecule has 0 aromatic heterocycles. The molecule has 0 radical (unpaired) electrons. The molecule has 1 unspecified atom stereocenters. The summed E-state index contributed by atoms with van der Waals surface area (Å²) in [6, 6.07) is 0.250. The third-order valence-corrected chi connectivity index (χ3v) is 3.97. The summed E-state index contributed by atoms with van der Waals surface area (Å²) in [5, 5.41) is 9.05. The minimum absolute atomic E-state index is 0.157. The monoisotopic (exact) mass is 243 g/mol. The topological polar surface area (TPSA) is 57.6 Å². The Balaban J connectivity index is 1.89. The van der Waals surface area contributed by atoms with Gasteiger partial charge in [0, 0.05) is 24.3 Å². The molecular formula is C11H17NO3S. The maximum atomic E-state index is 11.7. The number of nitrogens with zero attached hydrogens (tertiary/aromatic N) is 1. The van der Waals surface area contributed by atoms with Crippen LogP contribution in [0.15, 0.2) is 0 Å². The van der Waals surface area contributed by atoms with Crippen molar-refractivity contribution in [2.45, 2.75) is 43.4 Å². The van der Waals surface area contributed by atoms with Gasteiger partial charge < -0.3 is 10.0 Å². The second kappa shape index (κ2) is 4.65. The lowest BCUT2D eigenvalue weighted by molar-refractivity contribution is -0.143. The van der Waals surface area contributed by atoms with Gasteiger partial charge in [-0.2, -0.15) is 12.6 Å². The van der Waals surface area contributed by atoms with Crippen molar-refractivity contribution in [1.82, 2.24) is 4.90 Å². The first-order chi connectivity index (χ1) is 7.58. The normalized spacial score (nSPS) is 35.4. The Hall–Kier alpha value is -0.710. The zero-order valence-electron chi connectivity index (χ0n) is 9.13. The quantitative estimate of drug-likeness (QED) is 0.716. The summed E-state index contributed by atoms with van der Waals surface area (Å²) in [4.78, 5) is 24.4. The molecule has 16 heavy (non-hydrogen) atoms. The molecule has 1 saturated carbocycles. The van der Waals surface area contributed by atoms with Crippen molar-refractivity contribution in [3.8, 4) is 0 Å². The second-order valence-corrected chi connectivity index (χ2v) is 5.48. The van der Waals surface area contributed by atoms with Crippen LogP contribution in [0.25, 0.3) is 0 Å². The number of carboxylic acid groups (broad SMARTS) is 1. The first-order valence-electron chi connectivity index (χ1n) is 5.78. The van der Waals surface area contributed by atoms with Crippen molar-refractivity contribution in [3.63, 3.8) is 0 Å². The highest BCUT2D eigenvalue weighted by Crippen LogP contribution is 2.30. The molecule has 0 spiro atoms. The van der Waals surface area contributed by atoms with Crippen LogP contribution in [-0.2, 0) is 9.59 Å². The fraction of sp³-hybridized carbons (Fsp3) is 0.818. The zero-order chi connectivity index (χ0) is 11.7.